The molecule has 2 aromatic rings. The molecular weight excluding hydrogens is 306 g/mol. The molecule has 0 spiro atoms. The van der Waals surface area contributed by atoms with E-state index in [9.17, 15) is 14.7 Å². The Morgan fingerprint density at radius 3 is 2.42 bits per heavy atom. The Balaban J connectivity index is 1.86. The van der Waals surface area contributed by atoms with Crippen molar-refractivity contribution < 1.29 is 14.7 Å². The molecule has 0 saturated heterocycles. The normalized spacial score (nSPS) is 16.5. The lowest BCUT2D eigenvalue weighted by atomic mass is 9.80. The predicted octanol–water partition coefficient (Wildman–Crippen LogP) is 2.73. The second-order valence-electron chi connectivity index (χ2n) is 6.24. The van der Waals surface area contributed by atoms with Gasteiger partial charge in [-0.2, -0.15) is 5.10 Å². The van der Waals surface area contributed by atoms with Crippen LogP contribution in [-0.4, -0.2) is 44.3 Å². The number of rotatable bonds is 4. The quantitative estimate of drug-likeness (QED) is 0.937. The van der Waals surface area contributed by atoms with Crippen LogP contribution in [-0.2, 0) is 4.79 Å². The summed E-state index contributed by atoms with van der Waals surface area (Å²) in [5.74, 6) is -1.28. The Hall–Kier alpha value is -2.63. The lowest BCUT2D eigenvalue weighted by Crippen LogP contribution is -2.56. The third-order valence-electron chi connectivity index (χ3n) is 4.85. The number of hydrogen-bond acceptors (Lipinski definition) is 3. The van der Waals surface area contributed by atoms with Crippen molar-refractivity contribution in [2.45, 2.75) is 37.6 Å². The minimum atomic E-state index is -1.12. The maximum absolute atomic E-state index is 12.8. The monoisotopic (exact) mass is 327 g/mol. The molecule has 1 aromatic heterocycles. The maximum Gasteiger partial charge on any atom is 0.329 e. The van der Waals surface area contributed by atoms with Crippen LogP contribution in [0.3, 0.4) is 0 Å². The van der Waals surface area contributed by atoms with E-state index in [-0.39, 0.29) is 11.6 Å². The van der Waals surface area contributed by atoms with Crippen LogP contribution in [0.25, 0.3) is 5.69 Å². The Morgan fingerprint density at radius 1 is 1.12 bits per heavy atom. The first-order valence-electron chi connectivity index (χ1n) is 8.17. The molecule has 126 valence electrons. The van der Waals surface area contributed by atoms with Gasteiger partial charge in [-0.3, -0.25) is 4.79 Å². The third kappa shape index (κ3) is 2.79. The second kappa shape index (κ2) is 6.47. The number of aliphatic carboxylic acids is 1. The van der Waals surface area contributed by atoms with Crippen LogP contribution >= 0.6 is 0 Å². The van der Waals surface area contributed by atoms with E-state index in [4.69, 9.17) is 0 Å². The highest BCUT2D eigenvalue weighted by atomic mass is 16.4. The number of nitrogens with zero attached hydrogens (tertiary/aromatic N) is 3. The topological polar surface area (TPSA) is 75.4 Å². The van der Waals surface area contributed by atoms with E-state index in [1.165, 1.54) is 4.90 Å². The number of carbonyl (C=O) groups excluding carboxylic acids is 1. The Bertz CT molecular complexity index is 733. The van der Waals surface area contributed by atoms with Crippen LogP contribution in [0.1, 0.15) is 42.6 Å². The van der Waals surface area contributed by atoms with Gasteiger partial charge in [0.15, 0.2) is 5.69 Å². The van der Waals surface area contributed by atoms with Crippen molar-refractivity contribution in [1.82, 2.24) is 14.7 Å². The Kier molecular flexibility index (Phi) is 4.38. The predicted molar refractivity (Wildman–Crippen MR) is 89.1 cm³/mol. The highest BCUT2D eigenvalue weighted by molar-refractivity contribution is 5.96. The van der Waals surface area contributed by atoms with Gasteiger partial charge in [-0.05, 0) is 31.0 Å². The van der Waals surface area contributed by atoms with Crippen LogP contribution in [0, 0.1) is 0 Å². The van der Waals surface area contributed by atoms with Gasteiger partial charge in [0.2, 0.25) is 0 Å². The molecule has 1 aliphatic carbocycles. The molecule has 3 rings (SSSR count). The van der Waals surface area contributed by atoms with Crippen LogP contribution in [0.2, 0.25) is 0 Å². The maximum atomic E-state index is 12.8. The molecule has 0 radical (unpaired) electrons. The molecule has 1 fully saturated rings. The van der Waals surface area contributed by atoms with Gasteiger partial charge >= 0.3 is 5.97 Å². The van der Waals surface area contributed by atoms with E-state index in [1.807, 2.05) is 30.3 Å². The molecule has 0 atom stereocenters. The average molecular weight is 327 g/mol. The number of aromatic nitrogens is 2. The molecule has 1 saturated carbocycles. The summed E-state index contributed by atoms with van der Waals surface area (Å²) in [4.78, 5) is 26.0. The van der Waals surface area contributed by atoms with Gasteiger partial charge in [-0.1, -0.05) is 37.5 Å². The first kappa shape index (κ1) is 16.2. The van der Waals surface area contributed by atoms with Gasteiger partial charge < -0.3 is 10.0 Å². The summed E-state index contributed by atoms with van der Waals surface area (Å²) in [6, 6.07) is 11.1. The fourth-order valence-electron chi connectivity index (χ4n) is 3.36. The van der Waals surface area contributed by atoms with Gasteiger partial charge in [0.1, 0.15) is 5.54 Å². The van der Waals surface area contributed by atoms with Gasteiger partial charge in [0, 0.05) is 13.2 Å². The highest BCUT2D eigenvalue weighted by Crippen LogP contribution is 2.34. The number of benzene rings is 1. The van der Waals surface area contributed by atoms with E-state index in [0.29, 0.717) is 12.8 Å². The molecule has 24 heavy (non-hydrogen) atoms. The summed E-state index contributed by atoms with van der Waals surface area (Å²) in [5.41, 5.74) is -0.0105. The number of carboxylic acids is 1. The summed E-state index contributed by atoms with van der Waals surface area (Å²) in [7, 11) is 1.57. The summed E-state index contributed by atoms with van der Waals surface area (Å²) >= 11 is 0. The number of para-hydroxylation sites is 1. The zero-order chi connectivity index (χ0) is 17.2. The fraction of sp³-hybridized carbons (Fsp3) is 0.389. The molecule has 1 aliphatic rings. The molecule has 6 heteroatoms. The molecule has 6 nitrogen and oxygen atoms in total. The van der Waals surface area contributed by atoms with Crippen molar-refractivity contribution in [2.75, 3.05) is 7.05 Å². The summed E-state index contributed by atoms with van der Waals surface area (Å²) < 4.78 is 1.62. The van der Waals surface area contributed by atoms with Crippen molar-refractivity contribution in [1.29, 1.82) is 0 Å². The zero-order valence-corrected chi connectivity index (χ0v) is 13.7. The van der Waals surface area contributed by atoms with Crippen LogP contribution < -0.4 is 0 Å². The minimum absolute atomic E-state index is 0.257. The standard InChI is InChI=1S/C18H21N3O3/c1-20(18(17(23)24)11-6-3-7-12-18)16(22)15-10-13-21(19-15)14-8-4-2-5-9-14/h2,4-5,8-10,13H,3,6-7,11-12H2,1H3,(H,23,24). The Labute approximate surface area is 140 Å². The van der Waals surface area contributed by atoms with Gasteiger partial charge in [0.25, 0.3) is 5.91 Å². The third-order valence-corrected chi connectivity index (χ3v) is 4.85. The molecule has 1 aromatic carbocycles. The van der Waals surface area contributed by atoms with E-state index < -0.39 is 11.5 Å². The number of carbonyl (C=O) groups is 2. The van der Waals surface area contributed by atoms with Gasteiger partial charge in [-0.25, -0.2) is 9.48 Å². The van der Waals surface area contributed by atoms with Crippen LogP contribution in [0.15, 0.2) is 42.6 Å². The van der Waals surface area contributed by atoms with E-state index in [2.05, 4.69) is 5.10 Å². The minimum Gasteiger partial charge on any atom is -0.479 e. The molecule has 0 bridgehead atoms. The summed E-state index contributed by atoms with van der Waals surface area (Å²) in [6.07, 6.45) is 5.35. The largest absolute Gasteiger partial charge is 0.479 e. The van der Waals surface area contributed by atoms with E-state index in [0.717, 1.165) is 24.9 Å². The van der Waals surface area contributed by atoms with Crippen LogP contribution in [0.5, 0.6) is 0 Å². The summed E-state index contributed by atoms with van der Waals surface area (Å²) in [6.45, 7) is 0. The van der Waals surface area contributed by atoms with Gasteiger partial charge in [0.05, 0.1) is 5.69 Å². The van der Waals surface area contributed by atoms with Crippen molar-refractivity contribution in [2.24, 2.45) is 0 Å². The van der Waals surface area contributed by atoms with Crippen molar-refractivity contribution in [3.8, 4) is 5.69 Å². The van der Waals surface area contributed by atoms with Crippen molar-refractivity contribution >= 4 is 11.9 Å². The SMILES string of the molecule is CN(C(=O)c1ccn(-c2ccccc2)n1)C1(C(=O)O)CCCCC1. The van der Waals surface area contributed by atoms with E-state index >= 15 is 0 Å². The second-order valence-corrected chi connectivity index (χ2v) is 6.24. The molecular formula is C18H21N3O3. The van der Waals surface area contributed by atoms with Gasteiger partial charge in [-0.15, -0.1) is 0 Å². The lowest BCUT2D eigenvalue weighted by Gasteiger charge is -2.40. The molecule has 1 heterocycles. The highest BCUT2D eigenvalue weighted by Gasteiger charge is 2.46. The number of carboxylic acid groups (broad SMARTS) is 1. The fourth-order valence-corrected chi connectivity index (χ4v) is 3.36. The smallest absolute Gasteiger partial charge is 0.329 e. The molecule has 0 unspecified atom stereocenters. The number of hydrogen-bond donors (Lipinski definition) is 1. The lowest BCUT2D eigenvalue weighted by molar-refractivity contribution is -0.151. The first-order chi connectivity index (χ1) is 11.5. The molecule has 0 aliphatic heterocycles. The molecule has 1 amide bonds. The van der Waals surface area contributed by atoms with E-state index in [1.54, 1.807) is 24.0 Å². The summed E-state index contributed by atoms with van der Waals surface area (Å²) in [5, 5.41) is 14.0. The average Bonchev–Trinajstić information content (AvgIpc) is 3.12. The first-order valence-corrected chi connectivity index (χ1v) is 8.17. The van der Waals surface area contributed by atoms with Crippen molar-refractivity contribution in [3.63, 3.8) is 0 Å². The number of amides is 1. The number of likely N-dealkylation sites (N-methyl/N-ethyl adjacent to an activating group) is 1. The molecule has 1 N–H and O–H groups in total. The van der Waals surface area contributed by atoms with Crippen LogP contribution in [0.4, 0.5) is 0 Å². The van der Waals surface area contributed by atoms with Crippen molar-refractivity contribution in [3.05, 3.63) is 48.3 Å². The zero-order valence-electron chi connectivity index (χ0n) is 13.7. The Morgan fingerprint density at radius 2 is 1.79 bits per heavy atom.